The normalized spacial score (nSPS) is 28.4. The van der Waals surface area contributed by atoms with Crippen molar-refractivity contribution in [1.82, 2.24) is 0 Å². The van der Waals surface area contributed by atoms with Crippen LogP contribution in [0.5, 0.6) is 0 Å². The van der Waals surface area contributed by atoms with Crippen LogP contribution in [0.1, 0.15) is 46.1 Å². The lowest BCUT2D eigenvalue weighted by Gasteiger charge is -2.28. The number of benzene rings is 1. The lowest BCUT2D eigenvalue weighted by molar-refractivity contribution is 0.388. The molecule has 2 nitrogen and oxygen atoms in total. The molecule has 1 aromatic carbocycles. The Kier molecular flexibility index (Phi) is 4.29. The van der Waals surface area contributed by atoms with Crippen molar-refractivity contribution >= 4 is 5.69 Å². The number of hydrogen-bond acceptors (Lipinski definition) is 2. The van der Waals surface area contributed by atoms with Crippen molar-refractivity contribution in [2.24, 2.45) is 11.1 Å². The van der Waals surface area contributed by atoms with Crippen LogP contribution in [-0.2, 0) is 5.41 Å². The average Bonchev–Trinajstić information content (AvgIpc) is 2.61. The first-order chi connectivity index (χ1) is 9.85. The number of nitrogen functional groups attached to an aromatic ring is 1. The second kappa shape index (κ2) is 5.69. The second-order valence-corrected chi connectivity index (χ2v) is 6.89. The molecule has 0 amide bonds. The maximum Gasteiger partial charge on any atom is 0.0314 e. The van der Waals surface area contributed by atoms with Gasteiger partial charge in [0.1, 0.15) is 0 Å². The summed E-state index contributed by atoms with van der Waals surface area (Å²) in [4.78, 5) is 0. The first-order valence-electron chi connectivity index (χ1n) is 7.83. The fraction of sp³-hybridized carbons (Fsp3) is 0.474. The Morgan fingerprint density at radius 2 is 1.67 bits per heavy atom. The van der Waals surface area contributed by atoms with Gasteiger partial charge in [0.05, 0.1) is 0 Å². The van der Waals surface area contributed by atoms with Gasteiger partial charge in [-0.15, -0.1) is 0 Å². The van der Waals surface area contributed by atoms with Crippen LogP contribution in [0.15, 0.2) is 47.6 Å². The fourth-order valence-electron chi connectivity index (χ4n) is 3.89. The number of rotatable bonds is 3. The Hall–Kier alpha value is -1.54. The quantitative estimate of drug-likeness (QED) is 0.818. The van der Waals surface area contributed by atoms with Crippen LogP contribution in [0.2, 0.25) is 0 Å². The highest BCUT2D eigenvalue weighted by Gasteiger charge is 2.47. The average molecular weight is 284 g/mol. The molecule has 0 aromatic heterocycles. The maximum absolute atomic E-state index is 5.85. The molecule has 0 aliphatic heterocycles. The predicted octanol–water partition coefficient (Wildman–Crippen LogP) is 4.18. The second-order valence-electron chi connectivity index (χ2n) is 6.89. The largest absolute Gasteiger partial charge is 0.399 e. The molecular weight excluding hydrogens is 256 g/mol. The van der Waals surface area contributed by atoms with Crippen LogP contribution in [0.25, 0.3) is 0 Å². The molecule has 0 heterocycles. The molecule has 114 valence electrons. The smallest absolute Gasteiger partial charge is 0.0314 e. The third-order valence-corrected chi connectivity index (χ3v) is 4.69. The van der Waals surface area contributed by atoms with Gasteiger partial charge in [0.2, 0.25) is 0 Å². The Bertz CT molecular complexity index is 564. The van der Waals surface area contributed by atoms with Crippen LogP contribution in [-0.4, -0.2) is 6.54 Å². The van der Waals surface area contributed by atoms with Crippen LogP contribution in [0, 0.1) is 5.41 Å². The lowest BCUT2D eigenvalue weighted by atomic mass is 9.75. The van der Waals surface area contributed by atoms with Gasteiger partial charge in [-0.2, -0.15) is 0 Å². The number of anilines is 1. The van der Waals surface area contributed by atoms with Gasteiger partial charge in [-0.1, -0.05) is 52.0 Å². The van der Waals surface area contributed by atoms with Crippen molar-refractivity contribution in [3.8, 4) is 0 Å². The summed E-state index contributed by atoms with van der Waals surface area (Å²) < 4.78 is 0. The summed E-state index contributed by atoms with van der Waals surface area (Å²) in [5, 5.41) is 0. The third kappa shape index (κ3) is 2.77. The fourth-order valence-corrected chi connectivity index (χ4v) is 3.89. The van der Waals surface area contributed by atoms with Gasteiger partial charge in [-0.05, 0) is 47.1 Å². The van der Waals surface area contributed by atoms with E-state index in [1.807, 2.05) is 12.1 Å². The molecule has 1 aliphatic rings. The molecule has 2 heteroatoms. The Morgan fingerprint density at radius 3 is 2.19 bits per heavy atom. The highest BCUT2D eigenvalue weighted by Crippen LogP contribution is 2.57. The van der Waals surface area contributed by atoms with Gasteiger partial charge >= 0.3 is 0 Å². The lowest BCUT2D eigenvalue weighted by Crippen LogP contribution is -2.21. The van der Waals surface area contributed by atoms with Gasteiger partial charge in [-0.25, -0.2) is 0 Å². The predicted molar refractivity (Wildman–Crippen MR) is 92.1 cm³/mol. The summed E-state index contributed by atoms with van der Waals surface area (Å²) in [6, 6.07) is 8.34. The Balaban J connectivity index is 2.59. The maximum atomic E-state index is 5.85. The third-order valence-electron chi connectivity index (χ3n) is 4.69. The highest BCUT2D eigenvalue weighted by atomic mass is 14.6. The van der Waals surface area contributed by atoms with Crippen LogP contribution < -0.4 is 11.5 Å². The van der Waals surface area contributed by atoms with Crippen molar-refractivity contribution in [2.75, 3.05) is 12.3 Å². The van der Waals surface area contributed by atoms with E-state index in [0.717, 1.165) is 18.5 Å². The van der Waals surface area contributed by atoms with E-state index in [2.05, 4.69) is 52.0 Å². The number of nitrogens with two attached hydrogens (primary N) is 2. The minimum absolute atomic E-state index is 0.0359. The van der Waals surface area contributed by atoms with Crippen molar-refractivity contribution < 1.29 is 0 Å². The molecule has 1 atom stereocenters. The van der Waals surface area contributed by atoms with Crippen LogP contribution >= 0.6 is 0 Å². The van der Waals surface area contributed by atoms with E-state index in [9.17, 15) is 0 Å². The first kappa shape index (κ1) is 15.8. The minimum Gasteiger partial charge on any atom is -0.399 e. The van der Waals surface area contributed by atoms with Crippen molar-refractivity contribution in [3.05, 3.63) is 53.1 Å². The summed E-state index contributed by atoms with van der Waals surface area (Å²) in [7, 11) is 0. The monoisotopic (exact) mass is 284 g/mol. The van der Waals surface area contributed by atoms with E-state index in [1.54, 1.807) is 0 Å². The summed E-state index contributed by atoms with van der Waals surface area (Å²) in [6.45, 7) is 9.78. The summed E-state index contributed by atoms with van der Waals surface area (Å²) in [5.41, 5.74) is 16.8. The van der Waals surface area contributed by atoms with Crippen molar-refractivity contribution in [3.63, 3.8) is 0 Å². The molecule has 0 bridgehead atoms. The van der Waals surface area contributed by atoms with Gasteiger partial charge < -0.3 is 11.5 Å². The number of hydrogen-bond donors (Lipinski definition) is 2. The zero-order valence-corrected chi connectivity index (χ0v) is 13.7. The molecule has 21 heavy (non-hydrogen) atoms. The van der Waals surface area contributed by atoms with Gasteiger partial charge in [0, 0.05) is 17.6 Å². The van der Waals surface area contributed by atoms with E-state index < -0.39 is 0 Å². The molecule has 4 N–H and O–H groups in total. The summed E-state index contributed by atoms with van der Waals surface area (Å²) in [6.07, 6.45) is 6.70. The Labute approximate surface area is 128 Å². The van der Waals surface area contributed by atoms with E-state index in [1.165, 1.54) is 16.7 Å². The molecule has 2 rings (SSSR count). The first-order valence-corrected chi connectivity index (χ1v) is 7.83. The van der Waals surface area contributed by atoms with E-state index in [4.69, 9.17) is 11.5 Å². The summed E-state index contributed by atoms with van der Waals surface area (Å²) in [5.74, 6) is 0. The van der Waals surface area contributed by atoms with Crippen LogP contribution in [0.4, 0.5) is 5.69 Å². The van der Waals surface area contributed by atoms with Crippen molar-refractivity contribution in [1.29, 1.82) is 0 Å². The van der Waals surface area contributed by atoms with Gasteiger partial charge in [0.15, 0.2) is 0 Å². The molecule has 1 aromatic rings. The topological polar surface area (TPSA) is 52.0 Å². The molecule has 0 saturated heterocycles. The molecular formula is C19H28N2. The highest BCUT2D eigenvalue weighted by molar-refractivity contribution is 5.55. The minimum atomic E-state index is 0.0359. The molecule has 1 saturated carbocycles. The zero-order chi connectivity index (χ0) is 15.7. The molecule has 0 radical (unpaired) electrons. The Morgan fingerprint density at radius 1 is 1.05 bits per heavy atom. The molecule has 1 aliphatic carbocycles. The van der Waals surface area contributed by atoms with Crippen LogP contribution in [0.3, 0.4) is 0 Å². The summed E-state index contributed by atoms with van der Waals surface area (Å²) >= 11 is 0. The van der Waals surface area contributed by atoms with Gasteiger partial charge in [0.25, 0.3) is 0 Å². The molecule has 0 spiro atoms. The van der Waals surface area contributed by atoms with E-state index >= 15 is 0 Å². The standard InChI is InChI=1S/C19H28N2/c1-5-6-17-16(11-12-20)18(2,3)13-19(17,4)14-7-9-15(21)10-8-14/h6-11H,5,12-13,20-21H2,1-4H3/b16-11+,17-6+. The zero-order valence-electron chi connectivity index (χ0n) is 13.7. The SMILES string of the molecule is CC/C=C1\C(=C/CN)C(C)(C)CC1(C)c1ccc(N)cc1. The molecule has 1 fully saturated rings. The van der Waals surface area contributed by atoms with E-state index in [-0.39, 0.29) is 10.8 Å². The number of allylic oxidation sites excluding steroid dienone is 3. The molecule has 1 unspecified atom stereocenters. The van der Waals surface area contributed by atoms with Crippen molar-refractivity contribution in [2.45, 2.75) is 46.0 Å². The van der Waals surface area contributed by atoms with Gasteiger partial charge in [-0.3, -0.25) is 0 Å². The van der Waals surface area contributed by atoms with E-state index in [0.29, 0.717) is 6.54 Å².